The molecule has 122 valence electrons. The van der Waals surface area contributed by atoms with Crippen molar-refractivity contribution >= 4 is 16.7 Å². The molecule has 1 heterocycles. The van der Waals surface area contributed by atoms with E-state index >= 15 is 0 Å². The number of nitrogens with zero attached hydrogens (tertiary/aromatic N) is 2. The molecule has 0 atom stereocenters. The molecular formula is C18H17N3O3. The molecule has 0 radical (unpaired) electrons. The summed E-state index contributed by atoms with van der Waals surface area (Å²) in [6.07, 6.45) is 0. The highest BCUT2D eigenvalue weighted by Crippen LogP contribution is 2.14. The van der Waals surface area contributed by atoms with Gasteiger partial charge in [-0.1, -0.05) is 42.5 Å². The number of nitrogens with one attached hydrogen (secondary N) is 1. The van der Waals surface area contributed by atoms with Crippen LogP contribution in [-0.4, -0.2) is 27.8 Å². The standard InChI is InChI=1S/C18H17N3O3/c1-19-17(23)16-14-4-2-3-5-15(14)18(24)21(20-16)10-12-6-8-13(11-22)9-7-12/h2-9,22H,10-11H2,1H3,(H,19,23). The lowest BCUT2D eigenvalue weighted by molar-refractivity contribution is 0.0957. The molecule has 1 amide bonds. The average Bonchev–Trinajstić information content (AvgIpc) is 2.64. The van der Waals surface area contributed by atoms with E-state index in [9.17, 15) is 9.59 Å². The molecule has 0 saturated carbocycles. The minimum Gasteiger partial charge on any atom is -0.392 e. The highest BCUT2D eigenvalue weighted by molar-refractivity contribution is 6.04. The molecule has 24 heavy (non-hydrogen) atoms. The average molecular weight is 323 g/mol. The summed E-state index contributed by atoms with van der Waals surface area (Å²) in [7, 11) is 1.53. The molecule has 0 spiro atoms. The summed E-state index contributed by atoms with van der Waals surface area (Å²) in [5, 5.41) is 16.9. The van der Waals surface area contributed by atoms with Crippen LogP contribution in [0.1, 0.15) is 21.6 Å². The number of aromatic nitrogens is 2. The summed E-state index contributed by atoms with van der Waals surface area (Å²) in [4.78, 5) is 24.8. The zero-order valence-corrected chi connectivity index (χ0v) is 13.2. The topological polar surface area (TPSA) is 84.2 Å². The molecule has 0 unspecified atom stereocenters. The highest BCUT2D eigenvalue weighted by atomic mass is 16.3. The van der Waals surface area contributed by atoms with Gasteiger partial charge in [0.2, 0.25) is 0 Å². The van der Waals surface area contributed by atoms with E-state index in [1.54, 1.807) is 36.4 Å². The summed E-state index contributed by atoms with van der Waals surface area (Å²) >= 11 is 0. The highest BCUT2D eigenvalue weighted by Gasteiger charge is 2.15. The molecule has 0 saturated heterocycles. The number of hydrogen-bond donors (Lipinski definition) is 2. The Morgan fingerprint density at radius 1 is 1.08 bits per heavy atom. The minimum absolute atomic E-state index is 0.0325. The lowest BCUT2D eigenvalue weighted by Crippen LogP contribution is -2.29. The van der Waals surface area contributed by atoms with Crippen LogP contribution in [0.5, 0.6) is 0 Å². The van der Waals surface area contributed by atoms with E-state index in [-0.39, 0.29) is 30.3 Å². The van der Waals surface area contributed by atoms with Gasteiger partial charge in [-0.2, -0.15) is 5.10 Å². The maximum atomic E-state index is 12.6. The Kier molecular flexibility index (Phi) is 4.39. The van der Waals surface area contributed by atoms with Gasteiger partial charge in [0, 0.05) is 12.4 Å². The van der Waals surface area contributed by atoms with Gasteiger partial charge >= 0.3 is 0 Å². The summed E-state index contributed by atoms with van der Waals surface area (Å²) in [6.45, 7) is 0.217. The van der Waals surface area contributed by atoms with Crippen molar-refractivity contribution in [2.24, 2.45) is 0 Å². The fourth-order valence-corrected chi connectivity index (χ4v) is 2.55. The van der Waals surface area contributed by atoms with Crippen molar-refractivity contribution in [3.63, 3.8) is 0 Å². The van der Waals surface area contributed by atoms with Crippen molar-refractivity contribution in [2.75, 3.05) is 7.05 Å². The molecule has 3 aromatic rings. The van der Waals surface area contributed by atoms with Crippen LogP contribution in [-0.2, 0) is 13.2 Å². The molecule has 3 rings (SSSR count). The van der Waals surface area contributed by atoms with E-state index in [2.05, 4.69) is 10.4 Å². The van der Waals surface area contributed by atoms with Crippen LogP contribution in [0.3, 0.4) is 0 Å². The maximum absolute atomic E-state index is 12.6. The lowest BCUT2D eigenvalue weighted by Gasteiger charge is -2.10. The summed E-state index contributed by atoms with van der Waals surface area (Å²) in [5.41, 5.74) is 1.63. The Labute approximate surface area is 138 Å². The number of carbonyl (C=O) groups excluding carboxylic acids is 1. The van der Waals surface area contributed by atoms with Gasteiger partial charge in [0.05, 0.1) is 18.5 Å². The zero-order chi connectivity index (χ0) is 17.1. The van der Waals surface area contributed by atoms with Crippen LogP contribution in [0, 0.1) is 0 Å². The molecule has 0 aliphatic rings. The molecule has 6 nitrogen and oxygen atoms in total. The number of carbonyl (C=O) groups is 1. The maximum Gasteiger partial charge on any atom is 0.274 e. The van der Waals surface area contributed by atoms with Gasteiger partial charge in [-0.05, 0) is 17.2 Å². The van der Waals surface area contributed by atoms with Crippen LogP contribution < -0.4 is 10.9 Å². The number of hydrogen-bond acceptors (Lipinski definition) is 4. The first-order chi connectivity index (χ1) is 11.6. The number of fused-ring (bicyclic) bond motifs is 1. The quantitative estimate of drug-likeness (QED) is 0.758. The van der Waals surface area contributed by atoms with Gasteiger partial charge in [-0.25, -0.2) is 4.68 Å². The Hall–Kier alpha value is -2.99. The molecular weight excluding hydrogens is 306 g/mol. The minimum atomic E-state index is -0.337. The number of aliphatic hydroxyl groups is 1. The summed E-state index contributed by atoms with van der Waals surface area (Å²) in [5.74, 6) is -0.337. The third-order valence-corrected chi connectivity index (χ3v) is 3.85. The molecule has 0 aliphatic carbocycles. The second-order valence-corrected chi connectivity index (χ2v) is 5.41. The first kappa shape index (κ1) is 15.9. The predicted octanol–water partition coefficient (Wildman–Crippen LogP) is 1.30. The number of benzene rings is 2. The van der Waals surface area contributed by atoms with E-state index in [0.717, 1.165) is 11.1 Å². The number of aliphatic hydroxyl groups excluding tert-OH is 1. The van der Waals surface area contributed by atoms with Crippen LogP contribution in [0.2, 0.25) is 0 Å². The van der Waals surface area contributed by atoms with Crippen LogP contribution in [0.15, 0.2) is 53.3 Å². The second kappa shape index (κ2) is 6.64. The lowest BCUT2D eigenvalue weighted by atomic mass is 10.1. The second-order valence-electron chi connectivity index (χ2n) is 5.41. The molecule has 0 aliphatic heterocycles. The summed E-state index contributed by atoms with van der Waals surface area (Å²) < 4.78 is 1.29. The van der Waals surface area contributed by atoms with Crippen LogP contribution >= 0.6 is 0 Å². The van der Waals surface area contributed by atoms with Gasteiger partial charge in [-0.3, -0.25) is 9.59 Å². The normalized spacial score (nSPS) is 10.8. The van der Waals surface area contributed by atoms with Crippen molar-refractivity contribution in [3.05, 3.63) is 75.7 Å². The predicted molar refractivity (Wildman–Crippen MR) is 90.9 cm³/mol. The Morgan fingerprint density at radius 2 is 1.71 bits per heavy atom. The van der Waals surface area contributed by atoms with Crippen LogP contribution in [0.25, 0.3) is 10.8 Å². The molecule has 6 heteroatoms. The van der Waals surface area contributed by atoms with Crippen molar-refractivity contribution in [1.82, 2.24) is 15.1 Å². The molecule has 2 aromatic carbocycles. The van der Waals surface area contributed by atoms with Gasteiger partial charge < -0.3 is 10.4 Å². The van der Waals surface area contributed by atoms with E-state index in [0.29, 0.717) is 10.8 Å². The van der Waals surface area contributed by atoms with Gasteiger partial charge in [0.1, 0.15) is 0 Å². The first-order valence-electron chi connectivity index (χ1n) is 7.54. The van der Waals surface area contributed by atoms with E-state index in [1.807, 2.05) is 12.1 Å². The van der Waals surface area contributed by atoms with E-state index in [4.69, 9.17) is 5.11 Å². The largest absolute Gasteiger partial charge is 0.392 e. The van der Waals surface area contributed by atoms with Gasteiger partial charge in [-0.15, -0.1) is 0 Å². The van der Waals surface area contributed by atoms with Crippen molar-refractivity contribution in [3.8, 4) is 0 Å². The molecule has 1 aromatic heterocycles. The first-order valence-corrected chi connectivity index (χ1v) is 7.54. The van der Waals surface area contributed by atoms with Gasteiger partial charge in [0.15, 0.2) is 5.69 Å². The molecule has 2 N–H and O–H groups in total. The smallest absolute Gasteiger partial charge is 0.274 e. The van der Waals surface area contributed by atoms with Crippen molar-refractivity contribution in [1.29, 1.82) is 0 Å². The third kappa shape index (κ3) is 2.91. The number of amides is 1. The fraction of sp³-hybridized carbons (Fsp3) is 0.167. The van der Waals surface area contributed by atoms with Crippen molar-refractivity contribution in [2.45, 2.75) is 13.2 Å². The number of rotatable bonds is 4. The monoisotopic (exact) mass is 323 g/mol. The van der Waals surface area contributed by atoms with Gasteiger partial charge in [0.25, 0.3) is 11.5 Å². The fourth-order valence-electron chi connectivity index (χ4n) is 2.55. The Morgan fingerprint density at radius 3 is 2.33 bits per heavy atom. The van der Waals surface area contributed by atoms with E-state index < -0.39 is 0 Å². The zero-order valence-electron chi connectivity index (χ0n) is 13.2. The third-order valence-electron chi connectivity index (χ3n) is 3.85. The Balaban J connectivity index is 2.11. The Bertz CT molecular complexity index is 946. The summed E-state index contributed by atoms with van der Waals surface area (Å²) in [6, 6.07) is 14.2. The SMILES string of the molecule is CNC(=O)c1nn(Cc2ccc(CO)cc2)c(=O)c2ccccc12. The van der Waals surface area contributed by atoms with Crippen LogP contribution in [0.4, 0.5) is 0 Å². The van der Waals surface area contributed by atoms with Crippen molar-refractivity contribution < 1.29 is 9.90 Å². The van der Waals surface area contributed by atoms with E-state index in [1.165, 1.54) is 11.7 Å². The molecule has 0 fully saturated rings. The molecule has 0 bridgehead atoms.